The Morgan fingerprint density at radius 2 is 1.70 bits per heavy atom. The number of hydrazone groups is 1. The van der Waals surface area contributed by atoms with Gasteiger partial charge in [-0.15, -0.1) is 0 Å². The number of esters is 1. The number of hydrogen-bond donors (Lipinski definition) is 0. The van der Waals surface area contributed by atoms with Crippen LogP contribution < -0.4 is 9.91 Å². The minimum absolute atomic E-state index is 0.0217. The molecule has 0 aliphatic carbocycles. The van der Waals surface area contributed by atoms with Crippen LogP contribution in [-0.2, 0) is 14.3 Å². The molecule has 1 spiro atoms. The Labute approximate surface area is 184 Å². The smallest absolute Gasteiger partial charge is 0.365 e. The third-order valence-corrected chi connectivity index (χ3v) is 7.78. The number of nitrogens with zero attached hydrogens (tertiary/aromatic N) is 3. The van der Waals surface area contributed by atoms with E-state index in [0.29, 0.717) is 4.91 Å². The van der Waals surface area contributed by atoms with Gasteiger partial charge in [0.15, 0.2) is 5.78 Å². The van der Waals surface area contributed by atoms with Gasteiger partial charge in [-0.1, -0.05) is 42.1 Å². The molecule has 0 radical (unpaired) electrons. The van der Waals surface area contributed by atoms with Crippen molar-refractivity contribution < 1.29 is 14.3 Å². The second kappa shape index (κ2) is 7.85. The summed E-state index contributed by atoms with van der Waals surface area (Å²) in [5.41, 5.74) is 3.63. The lowest BCUT2D eigenvalue weighted by Gasteiger charge is -2.41. The quantitative estimate of drug-likeness (QED) is 0.639. The molecule has 0 saturated heterocycles. The van der Waals surface area contributed by atoms with Crippen molar-refractivity contribution in [2.45, 2.75) is 25.1 Å². The number of methoxy groups -OCH3 is 1. The van der Waals surface area contributed by atoms with E-state index in [2.05, 4.69) is 10.0 Å². The first-order chi connectivity index (χ1) is 14.4. The van der Waals surface area contributed by atoms with E-state index in [0.717, 1.165) is 22.6 Å². The number of aryl methyl sites for hydroxylation is 1. The molecule has 0 aromatic heterocycles. The number of para-hydroxylation sites is 1. The molecule has 4 rings (SSSR count). The summed E-state index contributed by atoms with van der Waals surface area (Å²) in [7, 11) is 1.34. The lowest BCUT2D eigenvalue weighted by Crippen LogP contribution is -2.49. The summed E-state index contributed by atoms with van der Waals surface area (Å²) in [5, 5.41) is 6.70. The fourth-order valence-electron chi connectivity index (χ4n) is 3.52. The van der Waals surface area contributed by atoms with Crippen molar-refractivity contribution in [3.63, 3.8) is 0 Å². The fourth-order valence-corrected chi connectivity index (χ4v) is 6.50. The lowest BCUT2D eigenvalue weighted by molar-refractivity contribution is -0.132. The number of ketones is 1. The van der Waals surface area contributed by atoms with Crippen molar-refractivity contribution in [2.75, 3.05) is 17.0 Å². The summed E-state index contributed by atoms with van der Waals surface area (Å²) in [6, 6.07) is 17.7. The SMILES string of the molecule is COC(=O)C1=NN(c2cccc(C)c2)[C@@]2(S1)SC(C(C)=O)=C(C)N2c1ccccc1. The highest BCUT2D eigenvalue weighted by molar-refractivity contribution is 8.29. The molecule has 2 heterocycles. The van der Waals surface area contributed by atoms with Gasteiger partial charge in [0.05, 0.1) is 17.7 Å². The monoisotopic (exact) mass is 439 g/mol. The number of anilines is 2. The van der Waals surface area contributed by atoms with Crippen LogP contribution in [0.15, 0.2) is 70.3 Å². The average Bonchev–Trinajstić information content (AvgIpc) is 3.26. The number of hydrogen-bond acceptors (Lipinski definition) is 8. The maximum atomic E-state index is 12.5. The average molecular weight is 440 g/mol. The normalized spacial score (nSPS) is 20.7. The zero-order valence-electron chi connectivity index (χ0n) is 17.1. The topological polar surface area (TPSA) is 62.2 Å². The van der Waals surface area contributed by atoms with Crippen molar-refractivity contribution in [3.05, 3.63) is 70.8 Å². The van der Waals surface area contributed by atoms with Gasteiger partial charge in [-0.3, -0.25) is 4.79 Å². The number of carbonyl (C=O) groups excluding carboxylic acids is 2. The molecule has 0 amide bonds. The van der Waals surface area contributed by atoms with E-state index in [1.165, 1.54) is 30.6 Å². The summed E-state index contributed by atoms with van der Waals surface area (Å²) >= 11 is 2.69. The van der Waals surface area contributed by atoms with E-state index in [-0.39, 0.29) is 10.8 Å². The van der Waals surface area contributed by atoms with Crippen LogP contribution in [0.25, 0.3) is 0 Å². The van der Waals surface area contributed by atoms with E-state index >= 15 is 0 Å². The standard InChI is InChI=1S/C22H21N3O3S2/c1-14-9-8-12-18(13-14)25-22(30-20(23-25)21(27)28-4)24(17-10-6-5-7-11-17)15(2)19(29-22)16(3)26/h5-13H,1-4H3/t22-/m1/s1. The van der Waals surface area contributed by atoms with E-state index < -0.39 is 10.3 Å². The summed E-state index contributed by atoms with van der Waals surface area (Å²) in [5.74, 6) is -0.524. The summed E-state index contributed by atoms with van der Waals surface area (Å²) < 4.78 is 4.06. The number of thioether (sulfide) groups is 2. The number of ether oxygens (including phenoxy) is 1. The second-order valence-corrected chi connectivity index (χ2v) is 9.54. The van der Waals surface area contributed by atoms with Gasteiger partial charge >= 0.3 is 5.97 Å². The fraction of sp³-hybridized carbons (Fsp3) is 0.227. The molecular weight excluding hydrogens is 418 g/mol. The highest BCUT2D eigenvalue weighted by Crippen LogP contribution is 2.60. The predicted molar refractivity (Wildman–Crippen MR) is 123 cm³/mol. The van der Waals surface area contributed by atoms with Crippen molar-refractivity contribution in [1.82, 2.24) is 0 Å². The molecule has 30 heavy (non-hydrogen) atoms. The van der Waals surface area contributed by atoms with E-state index in [9.17, 15) is 9.59 Å². The first kappa shape index (κ1) is 20.6. The second-order valence-electron chi connectivity index (χ2n) is 6.94. The molecule has 8 heteroatoms. The molecule has 2 aromatic rings. The maximum Gasteiger partial charge on any atom is 0.365 e. The van der Waals surface area contributed by atoms with Gasteiger partial charge in [0, 0.05) is 11.4 Å². The minimum Gasteiger partial charge on any atom is -0.464 e. The van der Waals surface area contributed by atoms with Crippen molar-refractivity contribution >= 4 is 51.7 Å². The highest BCUT2D eigenvalue weighted by atomic mass is 32.2. The summed E-state index contributed by atoms with van der Waals surface area (Å²) in [6.07, 6.45) is 0. The minimum atomic E-state index is -0.899. The molecule has 2 aromatic carbocycles. The molecule has 154 valence electrons. The number of benzene rings is 2. The number of allylic oxidation sites excluding steroid dienone is 2. The van der Waals surface area contributed by atoms with Crippen LogP contribution >= 0.6 is 23.5 Å². The van der Waals surface area contributed by atoms with Gasteiger partial charge in [-0.2, -0.15) is 5.10 Å². The van der Waals surface area contributed by atoms with Gasteiger partial charge < -0.3 is 9.64 Å². The Balaban J connectivity index is 1.92. The lowest BCUT2D eigenvalue weighted by atomic mass is 10.2. The van der Waals surface area contributed by atoms with Crippen LogP contribution in [0.3, 0.4) is 0 Å². The Bertz CT molecular complexity index is 1080. The third-order valence-electron chi connectivity index (χ3n) is 4.81. The zero-order chi connectivity index (χ0) is 21.5. The van der Waals surface area contributed by atoms with E-state index in [4.69, 9.17) is 4.74 Å². The van der Waals surface area contributed by atoms with Crippen LogP contribution in [0.1, 0.15) is 19.4 Å². The molecule has 0 saturated carbocycles. The van der Waals surface area contributed by atoms with Crippen LogP contribution in [0.4, 0.5) is 11.4 Å². The molecular formula is C22H21N3O3S2. The summed E-state index contributed by atoms with van der Waals surface area (Å²) in [4.78, 5) is 27.6. The number of rotatable bonds is 4. The van der Waals surface area contributed by atoms with Gasteiger partial charge in [-0.25, -0.2) is 9.80 Å². The first-order valence-corrected chi connectivity index (χ1v) is 11.0. The molecule has 2 aliphatic heterocycles. The van der Waals surface area contributed by atoms with Crippen LogP contribution in [0.2, 0.25) is 0 Å². The van der Waals surface area contributed by atoms with Crippen LogP contribution in [-0.4, -0.2) is 28.2 Å². The van der Waals surface area contributed by atoms with E-state index in [1.807, 2.05) is 73.5 Å². The number of carbonyl (C=O) groups is 2. The first-order valence-electron chi connectivity index (χ1n) is 9.36. The molecule has 1 atom stereocenters. The van der Waals surface area contributed by atoms with Crippen LogP contribution in [0.5, 0.6) is 0 Å². The Morgan fingerprint density at radius 3 is 2.33 bits per heavy atom. The molecule has 0 bridgehead atoms. The molecule has 0 fully saturated rings. The molecule has 6 nitrogen and oxygen atoms in total. The summed E-state index contributed by atoms with van der Waals surface area (Å²) in [6.45, 7) is 5.49. The third kappa shape index (κ3) is 3.30. The van der Waals surface area contributed by atoms with Gasteiger partial charge in [-0.05, 0) is 62.4 Å². The molecule has 0 N–H and O–H groups in total. The van der Waals surface area contributed by atoms with Gasteiger partial charge in [0.25, 0.3) is 0 Å². The Kier molecular flexibility index (Phi) is 5.38. The molecule has 0 unspecified atom stereocenters. The molecule has 2 aliphatic rings. The highest BCUT2D eigenvalue weighted by Gasteiger charge is 2.57. The van der Waals surface area contributed by atoms with Gasteiger partial charge in [0.1, 0.15) is 0 Å². The predicted octanol–water partition coefficient (Wildman–Crippen LogP) is 4.72. The van der Waals surface area contributed by atoms with E-state index in [1.54, 1.807) is 6.92 Å². The van der Waals surface area contributed by atoms with Crippen molar-refractivity contribution in [2.24, 2.45) is 5.10 Å². The van der Waals surface area contributed by atoms with Gasteiger partial charge in [0.2, 0.25) is 9.37 Å². The Hall–Kier alpha value is -2.71. The number of Topliss-reactive ketones (excluding diaryl/α,β-unsaturated/α-hetero) is 1. The largest absolute Gasteiger partial charge is 0.464 e. The van der Waals surface area contributed by atoms with Crippen LogP contribution in [0, 0.1) is 6.92 Å². The van der Waals surface area contributed by atoms with Crippen molar-refractivity contribution in [3.8, 4) is 0 Å². The maximum absolute atomic E-state index is 12.5. The zero-order valence-corrected chi connectivity index (χ0v) is 18.7. The Morgan fingerprint density at radius 1 is 1.00 bits per heavy atom. The van der Waals surface area contributed by atoms with Crippen molar-refractivity contribution in [1.29, 1.82) is 0 Å².